The van der Waals surface area contributed by atoms with Gasteiger partial charge in [-0.05, 0) is 30.7 Å². The van der Waals surface area contributed by atoms with Crippen LogP contribution in [0.5, 0.6) is 0 Å². The van der Waals surface area contributed by atoms with Crippen molar-refractivity contribution in [2.75, 3.05) is 20.3 Å². The number of hydrogen-bond donors (Lipinski definition) is 1. The van der Waals surface area contributed by atoms with Gasteiger partial charge in [0.2, 0.25) is 5.91 Å². The lowest BCUT2D eigenvalue weighted by atomic mass is 10.1. The summed E-state index contributed by atoms with van der Waals surface area (Å²) >= 11 is 0. The molecule has 1 N–H and O–H groups in total. The van der Waals surface area contributed by atoms with Gasteiger partial charge in [-0.3, -0.25) is 14.2 Å². The fraction of sp³-hybridized carbons (Fsp3) is 0.286. The summed E-state index contributed by atoms with van der Waals surface area (Å²) in [5, 5.41) is 2.95. The summed E-state index contributed by atoms with van der Waals surface area (Å²) in [6, 6.07) is 11.2. The van der Waals surface area contributed by atoms with Crippen LogP contribution in [0.4, 0.5) is 4.39 Å². The van der Waals surface area contributed by atoms with E-state index >= 15 is 0 Å². The summed E-state index contributed by atoms with van der Waals surface area (Å²) < 4.78 is 21.4. The summed E-state index contributed by atoms with van der Waals surface area (Å²) in [6.07, 6.45) is 0.304. The highest BCUT2D eigenvalue weighted by Crippen LogP contribution is 2.18. The quantitative estimate of drug-likeness (QED) is 0.616. The molecule has 1 atom stereocenters. The average molecular weight is 399 g/mol. The Kier molecular flexibility index (Phi) is 6.23. The van der Waals surface area contributed by atoms with Gasteiger partial charge in [-0.1, -0.05) is 31.2 Å². The number of methoxy groups -OCH3 is 1. The molecular formula is C21H22FN3O4. The first kappa shape index (κ1) is 20.5. The van der Waals surface area contributed by atoms with Crippen molar-refractivity contribution < 1.29 is 13.9 Å². The van der Waals surface area contributed by atoms with Gasteiger partial charge in [0, 0.05) is 13.7 Å². The molecule has 1 aromatic heterocycles. The van der Waals surface area contributed by atoms with Gasteiger partial charge >= 0.3 is 5.69 Å². The molecule has 0 aliphatic carbocycles. The molecule has 3 rings (SSSR count). The summed E-state index contributed by atoms with van der Waals surface area (Å²) in [6.45, 7) is 2.37. The van der Waals surface area contributed by atoms with Crippen molar-refractivity contribution >= 4 is 16.8 Å². The van der Waals surface area contributed by atoms with E-state index < -0.39 is 23.1 Å². The Labute approximate surface area is 166 Å². The summed E-state index contributed by atoms with van der Waals surface area (Å²) in [5.74, 6) is -1.08. The smallest absolute Gasteiger partial charge is 0.336 e. The normalized spacial score (nSPS) is 12.1. The largest absolute Gasteiger partial charge is 0.383 e. The van der Waals surface area contributed by atoms with E-state index in [1.54, 1.807) is 37.3 Å². The highest BCUT2D eigenvalue weighted by molar-refractivity contribution is 5.84. The fourth-order valence-corrected chi connectivity index (χ4v) is 3.31. The third-order valence-corrected chi connectivity index (χ3v) is 4.69. The Bertz CT molecular complexity index is 1150. The number of aromatic nitrogens is 2. The van der Waals surface area contributed by atoms with E-state index in [9.17, 15) is 18.8 Å². The first-order chi connectivity index (χ1) is 14.0. The van der Waals surface area contributed by atoms with Crippen molar-refractivity contribution in [3.63, 3.8) is 0 Å². The van der Waals surface area contributed by atoms with Gasteiger partial charge < -0.3 is 10.1 Å². The second kappa shape index (κ2) is 8.83. The van der Waals surface area contributed by atoms with E-state index in [4.69, 9.17) is 4.74 Å². The van der Waals surface area contributed by atoms with Crippen LogP contribution in [-0.2, 0) is 9.53 Å². The maximum absolute atomic E-state index is 14.4. The van der Waals surface area contributed by atoms with Gasteiger partial charge in [0.05, 0.1) is 23.2 Å². The number of nitrogens with one attached hydrogen (secondary N) is 1. The molecule has 0 saturated heterocycles. The van der Waals surface area contributed by atoms with E-state index in [-0.39, 0.29) is 23.5 Å². The second-order valence-corrected chi connectivity index (χ2v) is 6.47. The number of nitrogens with zero attached hydrogens (tertiary/aromatic N) is 2. The minimum Gasteiger partial charge on any atom is -0.383 e. The Balaban J connectivity index is 2.29. The Morgan fingerprint density at radius 3 is 2.52 bits per heavy atom. The summed E-state index contributed by atoms with van der Waals surface area (Å²) in [7, 11) is 1.52. The zero-order valence-electron chi connectivity index (χ0n) is 16.2. The third kappa shape index (κ3) is 3.84. The zero-order valence-corrected chi connectivity index (χ0v) is 16.2. The first-order valence-corrected chi connectivity index (χ1v) is 9.29. The van der Waals surface area contributed by atoms with Crippen molar-refractivity contribution in [3.05, 3.63) is 75.2 Å². The summed E-state index contributed by atoms with van der Waals surface area (Å²) in [5.41, 5.74) is -1.24. The average Bonchev–Trinajstić information content (AvgIpc) is 2.72. The van der Waals surface area contributed by atoms with Crippen molar-refractivity contribution in [1.82, 2.24) is 14.5 Å². The van der Waals surface area contributed by atoms with Crippen LogP contribution >= 0.6 is 0 Å². The molecule has 0 spiro atoms. The SMILES string of the molecule is CC[C@H](C(=O)NCCOC)n1c(=O)n(-c2ccccc2F)c(=O)c2ccccc21. The van der Waals surface area contributed by atoms with Crippen molar-refractivity contribution in [2.24, 2.45) is 0 Å². The first-order valence-electron chi connectivity index (χ1n) is 9.29. The number of rotatable bonds is 7. The maximum atomic E-state index is 14.4. The van der Waals surface area contributed by atoms with Crippen LogP contribution in [-0.4, -0.2) is 35.3 Å². The van der Waals surface area contributed by atoms with E-state index in [0.717, 1.165) is 4.57 Å². The number of benzene rings is 2. The number of carbonyl (C=O) groups is 1. The Morgan fingerprint density at radius 2 is 1.83 bits per heavy atom. The molecule has 0 fully saturated rings. The number of fused-ring (bicyclic) bond motifs is 1. The van der Waals surface area contributed by atoms with Gasteiger partial charge in [0.1, 0.15) is 11.9 Å². The molecule has 3 aromatic rings. The van der Waals surface area contributed by atoms with Crippen LogP contribution in [0, 0.1) is 5.82 Å². The van der Waals surface area contributed by atoms with Crippen LogP contribution in [0.3, 0.4) is 0 Å². The molecule has 0 unspecified atom stereocenters. The van der Waals surface area contributed by atoms with E-state index in [1.807, 2.05) is 0 Å². The number of hydrogen-bond acceptors (Lipinski definition) is 4. The molecule has 0 saturated carbocycles. The lowest BCUT2D eigenvalue weighted by molar-refractivity contribution is -0.124. The van der Waals surface area contributed by atoms with Gasteiger partial charge in [-0.2, -0.15) is 0 Å². The van der Waals surface area contributed by atoms with E-state index in [2.05, 4.69) is 5.32 Å². The molecule has 152 valence electrons. The number of carbonyl (C=O) groups excluding carboxylic acids is 1. The molecular weight excluding hydrogens is 377 g/mol. The molecule has 1 amide bonds. The minimum absolute atomic E-state index is 0.156. The fourth-order valence-electron chi connectivity index (χ4n) is 3.31. The molecule has 0 aliphatic rings. The topological polar surface area (TPSA) is 82.3 Å². The molecule has 8 heteroatoms. The predicted molar refractivity (Wildman–Crippen MR) is 108 cm³/mol. The minimum atomic E-state index is -0.872. The van der Waals surface area contributed by atoms with Gasteiger partial charge in [-0.15, -0.1) is 0 Å². The highest BCUT2D eigenvalue weighted by Gasteiger charge is 2.25. The molecule has 2 aromatic carbocycles. The zero-order chi connectivity index (χ0) is 21.0. The lowest BCUT2D eigenvalue weighted by Crippen LogP contribution is -2.45. The number of ether oxygens (including phenoxy) is 1. The number of halogens is 1. The molecule has 0 radical (unpaired) electrons. The monoisotopic (exact) mass is 399 g/mol. The molecule has 1 heterocycles. The van der Waals surface area contributed by atoms with Crippen LogP contribution in [0.1, 0.15) is 19.4 Å². The highest BCUT2D eigenvalue weighted by atomic mass is 19.1. The van der Waals surface area contributed by atoms with Crippen LogP contribution < -0.4 is 16.6 Å². The van der Waals surface area contributed by atoms with Crippen LogP contribution in [0.2, 0.25) is 0 Å². The van der Waals surface area contributed by atoms with Gasteiger partial charge in [-0.25, -0.2) is 13.8 Å². The predicted octanol–water partition coefficient (Wildman–Crippen LogP) is 2.01. The molecule has 7 nitrogen and oxygen atoms in total. The molecule has 0 bridgehead atoms. The number of para-hydroxylation sites is 2. The van der Waals surface area contributed by atoms with Gasteiger partial charge in [0.25, 0.3) is 5.56 Å². The number of amides is 1. The maximum Gasteiger partial charge on any atom is 0.336 e. The van der Waals surface area contributed by atoms with E-state index in [1.165, 1.54) is 29.9 Å². The van der Waals surface area contributed by atoms with E-state index in [0.29, 0.717) is 18.5 Å². The Morgan fingerprint density at radius 1 is 1.14 bits per heavy atom. The van der Waals surface area contributed by atoms with Crippen molar-refractivity contribution in [3.8, 4) is 5.69 Å². The van der Waals surface area contributed by atoms with Gasteiger partial charge in [0.15, 0.2) is 0 Å². The standard InChI is InChI=1S/C21H22FN3O4/c1-3-16(19(26)23-12-13-29-2)24-17-10-6-4-8-14(17)20(27)25(21(24)28)18-11-7-5-9-15(18)22/h4-11,16H,3,12-13H2,1-2H3,(H,23,26)/t16-/m1/s1. The van der Waals surface area contributed by atoms with Crippen LogP contribution in [0.15, 0.2) is 58.1 Å². The molecule has 29 heavy (non-hydrogen) atoms. The Hall–Kier alpha value is -3.26. The molecule has 0 aliphatic heterocycles. The van der Waals surface area contributed by atoms with Crippen LogP contribution in [0.25, 0.3) is 16.6 Å². The lowest BCUT2D eigenvalue weighted by Gasteiger charge is -2.21. The third-order valence-electron chi connectivity index (χ3n) is 4.69. The second-order valence-electron chi connectivity index (χ2n) is 6.47. The van der Waals surface area contributed by atoms with Crippen molar-refractivity contribution in [2.45, 2.75) is 19.4 Å². The summed E-state index contributed by atoms with van der Waals surface area (Å²) in [4.78, 5) is 39.1. The van der Waals surface area contributed by atoms with Crippen molar-refractivity contribution in [1.29, 1.82) is 0 Å².